The number of carbonyl (C=O) groups excluding carboxylic acids is 3. The molecule has 10 heterocycles. The maximum Gasteiger partial charge on any atom is 0.409 e. The van der Waals surface area contributed by atoms with Crippen LogP contribution in [0.1, 0.15) is 94.7 Å². The van der Waals surface area contributed by atoms with Crippen LogP contribution in [0.4, 0.5) is 20.8 Å². The van der Waals surface area contributed by atoms with E-state index in [4.69, 9.17) is 35.6 Å². The smallest absolute Gasteiger partial charge is 0.409 e. The van der Waals surface area contributed by atoms with Crippen molar-refractivity contribution in [3.05, 3.63) is 100 Å². The van der Waals surface area contributed by atoms with Gasteiger partial charge in [0, 0.05) is 98.6 Å². The molecule has 0 saturated carbocycles. The van der Waals surface area contributed by atoms with E-state index in [1.165, 1.54) is 11.0 Å². The number of aliphatic hydroxyl groups excluding tert-OH is 1. The van der Waals surface area contributed by atoms with Crippen LogP contribution >= 0.6 is 22.9 Å². The number of benzene rings is 3. The Bertz CT molecular complexity index is 3660. The second-order valence-electron chi connectivity index (χ2n) is 24.3. The average Bonchev–Trinajstić information content (AvgIpc) is 1.93. The number of phenolic OH excluding ortho intramolecular Hbond substituents is 1. The Balaban J connectivity index is 0.631. The molecule has 0 radical (unpaired) electrons. The number of piperazine rings is 2. The number of hydrogen-bond acceptors (Lipinski definition) is 18. The van der Waals surface area contributed by atoms with Crippen LogP contribution in [-0.2, 0) is 14.3 Å². The minimum Gasteiger partial charge on any atom is -0.508 e. The van der Waals surface area contributed by atoms with E-state index in [9.17, 15) is 24.6 Å². The highest BCUT2D eigenvalue weighted by atomic mass is 35.5. The number of hydrogen-bond donors (Lipinski definition) is 4. The minimum absolute atomic E-state index is 0.00831. The topological polar surface area (TPSA) is 228 Å². The molecule has 446 valence electrons. The summed E-state index contributed by atoms with van der Waals surface area (Å²) in [5.74, 6) is -0.870. The molecule has 6 saturated heterocycles. The molecule has 13 rings (SSSR count). The molecule has 4 N–H and O–H groups in total. The van der Waals surface area contributed by atoms with E-state index in [0.717, 1.165) is 66.8 Å². The summed E-state index contributed by atoms with van der Waals surface area (Å²) < 4.78 is 35.8. The van der Waals surface area contributed by atoms with E-state index in [0.29, 0.717) is 83.4 Å². The average molecular weight is 1200 g/mol. The van der Waals surface area contributed by atoms with Gasteiger partial charge in [-0.15, -0.1) is 11.3 Å². The molecular formula is C62H70ClFN12O8S. The summed E-state index contributed by atoms with van der Waals surface area (Å²) in [4.78, 5) is 71.7. The zero-order chi connectivity index (χ0) is 58.8. The number of ether oxygens (including phenoxy) is 2. The molecule has 7 aromatic rings. The first-order valence-corrected chi connectivity index (χ1v) is 30.9. The first kappa shape index (κ1) is 56.9. The van der Waals surface area contributed by atoms with Crippen molar-refractivity contribution in [2.75, 3.05) is 75.4 Å². The van der Waals surface area contributed by atoms with Gasteiger partial charge in [0.15, 0.2) is 17.4 Å². The van der Waals surface area contributed by atoms with Crippen molar-refractivity contribution in [2.24, 2.45) is 5.92 Å². The number of aromatic nitrogens is 5. The van der Waals surface area contributed by atoms with Crippen LogP contribution in [0.5, 0.6) is 11.8 Å². The zero-order valence-electron chi connectivity index (χ0n) is 48.0. The number of amides is 3. The molecule has 0 aliphatic carbocycles. The number of rotatable bonds is 15. The van der Waals surface area contributed by atoms with Crippen LogP contribution in [0.15, 0.2) is 76.9 Å². The molecule has 2 bridgehead atoms. The molecule has 4 aromatic heterocycles. The molecule has 6 aliphatic heterocycles. The number of phenols is 1. The lowest BCUT2D eigenvalue weighted by molar-refractivity contribution is -0.141. The summed E-state index contributed by atoms with van der Waals surface area (Å²) in [6.07, 6.45) is 5.98. The van der Waals surface area contributed by atoms with Crippen LogP contribution in [0.25, 0.3) is 43.4 Å². The van der Waals surface area contributed by atoms with E-state index >= 15 is 4.39 Å². The second kappa shape index (κ2) is 23.2. The molecule has 20 nitrogen and oxygen atoms in total. The van der Waals surface area contributed by atoms with Gasteiger partial charge in [0.2, 0.25) is 11.8 Å². The van der Waals surface area contributed by atoms with E-state index in [-0.39, 0.29) is 96.6 Å². The van der Waals surface area contributed by atoms with Gasteiger partial charge in [-0.05, 0) is 99.5 Å². The number of fused-ring (bicyclic) bond motifs is 5. The number of aliphatic hydroxyl groups is 1. The number of pyridine rings is 1. The fraction of sp³-hybridized carbons (Fsp3) is 0.484. The van der Waals surface area contributed by atoms with Gasteiger partial charge in [-0.2, -0.15) is 9.97 Å². The van der Waals surface area contributed by atoms with Gasteiger partial charge in [-0.3, -0.25) is 19.5 Å². The molecule has 0 spiro atoms. The van der Waals surface area contributed by atoms with E-state index in [1.807, 2.05) is 68.4 Å². The molecule has 85 heavy (non-hydrogen) atoms. The maximum absolute atomic E-state index is 17.2. The number of nitrogens with one attached hydrogen (secondary N) is 2. The minimum atomic E-state index is -0.867. The number of nitrogens with zero attached hydrogens (tertiary/aromatic N) is 10. The van der Waals surface area contributed by atoms with Gasteiger partial charge in [-0.25, -0.2) is 14.2 Å². The maximum atomic E-state index is 17.2. The zero-order valence-corrected chi connectivity index (χ0v) is 49.6. The molecule has 23 heteroatoms. The summed E-state index contributed by atoms with van der Waals surface area (Å²) in [7, 11) is 0. The van der Waals surface area contributed by atoms with Gasteiger partial charge in [0.1, 0.15) is 48.0 Å². The van der Waals surface area contributed by atoms with E-state index in [1.54, 1.807) is 46.7 Å². The number of thiazole rings is 1. The number of halogens is 2. The predicted octanol–water partition coefficient (Wildman–Crippen LogP) is 8.62. The molecule has 6 aliphatic rings. The monoisotopic (exact) mass is 1200 g/mol. The van der Waals surface area contributed by atoms with Crippen molar-refractivity contribution in [3.8, 4) is 33.5 Å². The number of β-amino-alcohol motifs (C(OH)–C–C–N with tert-alkyl or cyclic N) is 1. The number of aromatic hydroxyl groups is 1. The van der Waals surface area contributed by atoms with Crippen LogP contribution < -0.4 is 25.2 Å². The predicted molar refractivity (Wildman–Crippen MR) is 320 cm³/mol. The quantitative estimate of drug-likeness (QED) is 0.0753. The van der Waals surface area contributed by atoms with Gasteiger partial charge >= 0.3 is 12.1 Å². The molecule has 2 unspecified atom stereocenters. The lowest BCUT2D eigenvalue weighted by Gasteiger charge is -2.36. The summed E-state index contributed by atoms with van der Waals surface area (Å²) in [5.41, 5.74) is 4.82. The van der Waals surface area contributed by atoms with E-state index < -0.39 is 30.0 Å². The highest BCUT2D eigenvalue weighted by Crippen LogP contribution is 2.45. The van der Waals surface area contributed by atoms with Crippen molar-refractivity contribution in [3.63, 3.8) is 0 Å². The third-order valence-electron chi connectivity index (χ3n) is 18.5. The van der Waals surface area contributed by atoms with Crippen molar-refractivity contribution < 1.29 is 43.0 Å². The SMILES string of the molecule is Cc1ncsc1-c1ccc([C@H](C)NC(=O)[C@@H]2C[C@@H](O)CN2C(=O)[C@@H](c2cc(N3CCN(C(=O)OC[C@@H]4CC[C@@]5(COc6nc(N7CC8CCC(C7)N8)c7cnc(-c8cc(O)cc9cccc(Cl)c89)c(F)c7n6)CCCN45)CC3)no2)C(C)C)cc1. The Kier molecular flexibility index (Phi) is 15.5. The fourth-order valence-electron chi connectivity index (χ4n) is 14.1. The summed E-state index contributed by atoms with van der Waals surface area (Å²) in [5, 5.41) is 34.8. The van der Waals surface area contributed by atoms with Crippen molar-refractivity contribution in [1.29, 1.82) is 0 Å². The van der Waals surface area contributed by atoms with Gasteiger partial charge in [0.05, 0.1) is 39.2 Å². The van der Waals surface area contributed by atoms with E-state index in [2.05, 4.69) is 35.6 Å². The first-order chi connectivity index (χ1) is 41.1. The molecular weight excluding hydrogens is 1130 g/mol. The molecule has 6 fully saturated rings. The molecule has 3 aromatic carbocycles. The summed E-state index contributed by atoms with van der Waals surface area (Å²) in [6.45, 7) is 12.1. The largest absolute Gasteiger partial charge is 0.508 e. The van der Waals surface area contributed by atoms with Crippen molar-refractivity contribution >= 4 is 74.2 Å². The number of carbonyl (C=O) groups is 3. The third kappa shape index (κ3) is 11.0. The summed E-state index contributed by atoms with van der Waals surface area (Å²) >= 11 is 8.28. The number of likely N-dealkylation sites (tertiary alicyclic amines) is 1. The third-order valence-corrected chi connectivity index (χ3v) is 19.8. The van der Waals surface area contributed by atoms with Crippen molar-refractivity contribution in [1.82, 2.24) is 50.4 Å². The lowest BCUT2D eigenvalue weighted by Crippen LogP contribution is -2.51. The normalized spacial score (nSPS) is 24.0. The standard InChI is InChI=1S/C62H70ClFN12O8S/c1-34(2)51(59(80)75-30-44(78)25-48(75)58(79)67-35(3)37-9-11-38(12-10-37)56-36(4)66-33-85-56)49-26-50(71-84-49)72-19-21-73(22-20-72)61(81)82-31-42-15-17-62(16-6-18-76(42)62)32-83-60-69-55-46(57(70-60)74-28-40-13-14-41(29-74)68-40)27-65-54(53(55)64)45-24-43(77)23-39-7-5-8-47(63)52(39)45/h5,7-12,23-24,26-27,33-35,40-42,44,48,51,68,77-78H,6,13-22,25,28-32H2,1-4H3,(H,67,79)/t35-,40?,41?,42-,44+,48-,51+,62+/m0/s1. The Morgan fingerprint density at radius 2 is 1.74 bits per heavy atom. The molecule has 8 atom stereocenters. The number of aryl methyl sites for hydroxylation is 1. The van der Waals surface area contributed by atoms with Gasteiger partial charge < -0.3 is 54.4 Å². The Morgan fingerprint density at radius 1 is 0.953 bits per heavy atom. The highest BCUT2D eigenvalue weighted by molar-refractivity contribution is 7.13. The van der Waals surface area contributed by atoms with Crippen LogP contribution in [0.2, 0.25) is 5.02 Å². The van der Waals surface area contributed by atoms with Crippen molar-refractivity contribution in [2.45, 2.75) is 120 Å². The summed E-state index contributed by atoms with van der Waals surface area (Å²) in [6, 6.07) is 17.5. The Morgan fingerprint density at radius 3 is 2.49 bits per heavy atom. The Hall–Kier alpha value is -7.24. The van der Waals surface area contributed by atoms with Gasteiger partial charge in [-0.1, -0.05) is 67.0 Å². The van der Waals surface area contributed by atoms with Crippen LogP contribution in [0.3, 0.4) is 0 Å². The fourth-order valence-corrected chi connectivity index (χ4v) is 15.2. The first-order valence-electron chi connectivity index (χ1n) is 29.7. The highest BCUT2D eigenvalue weighted by Gasteiger charge is 2.51. The van der Waals surface area contributed by atoms with Crippen LogP contribution in [-0.4, -0.2) is 169 Å². The lowest BCUT2D eigenvalue weighted by atomic mass is 9.91. The second-order valence-corrected chi connectivity index (χ2v) is 25.5. The number of anilines is 2. The molecule has 3 amide bonds. The Labute approximate surface area is 500 Å². The van der Waals surface area contributed by atoms with Gasteiger partial charge in [0.25, 0.3) is 0 Å². The van der Waals surface area contributed by atoms with Crippen LogP contribution in [0, 0.1) is 18.7 Å².